The van der Waals surface area contributed by atoms with E-state index in [1.165, 1.54) is 0 Å². The summed E-state index contributed by atoms with van der Waals surface area (Å²) < 4.78 is 1.87. The van der Waals surface area contributed by atoms with Crippen LogP contribution in [0.1, 0.15) is 31.9 Å². The van der Waals surface area contributed by atoms with Gasteiger partial charge in [0.1, 0.15) is 0 Å². The average Bonchev–Trinajstić information content (AvgIpc) is 2.63. The molecule has 0 aliphatic rings. The van der Waals surface area contributed by atoms with Gasteiger partial charge in [0.15, 0.2) is 0 Å². The van der Waals surface area contributed by atoms with Crippen molar-refractivity contribution < 1.29 is 0 Å². The molecule has 0 aromatic carbocycles. The van der Waals surface area contributed by atoms with Crippen molar-refractivity contribution in [2.45, 2.75) is 26.2 Å². The summed E-state index contributed by atoms with van der Waals surface area (Å²) in [7, 11) is 0. The molecule has 3 nitrogen and oxygen atoms in total. The van der Waals surface area contributed by atoms with Crippen LogP contribution in [0.4, 0.5) is 0 Å². The molecule has 13 heavy (non-hydrogen) atoms. The van der Waals surface area contributed by atoms with Crippen LogP contribution < -0.4 is 0 Å². The first kappa shape index (κ1) is 8.23. The second kappa shape index (κ2) is 3.17. The van der Waals surface area contributed by atoms with Crippen LogP contribution in [0.15, 0.2) is 24.7 Å². The molecule has 68 valence electrons. The third-order valence-electron chi connectivity index (χ3n) is 2.43. The molecule has 0 N–H and O–H groups in total. The van der Waals surface area contributed by atoms with Crippen LogP contribution in [0.3, 0.4) is 0 Å². The Balaban J connectivity index is 2.60. The zero-order valence-electron chi connectivity index (χ0n) is 7.94. The van der Waals surface area contributed by atoms with Crippen molar-refractivity contribution in [1.82, 2.24) is 14.6 Å². The first-order valence-electron chi connectivity index (χ1n) is 4.61. The number of hydrogen-bond donors (Lipinski definition) is 0. The predicted molar refractivity (Wildman–Crippen MR) is 51.7 cm³/mol. The largest absolute Gasteiger partial charge is 0.257 e. The predicted octanol–water partition coefficient (Wildman–Crippen LogP) is 2.24. The normalized spacial score (nSPS) is 13.4. The Morgan fingerprint density at radius 1 is 1.46 bits per heavy atom. The second-order valence-electron chi connectivity index (χ2n) is 3.28. The summed E-state index contributed by atoms with van der Waals surface area (Å²) in [4.78, 5) is 4.39. The molecule has 0 spiro atoms. The lowest BCUT2D eigenvalue weighted by Crippen LogP contribution is -1.99. The fraction of sp³-hybridized carbons (Fsp3) is 0.400. The molecule has 0 fully saturated rings. The molecule has 0 aliphatic carbocycles. The highest BCUT2D eigenvalue weighted by Crippen LogP contribution is 2.20. The van der Waals surface area contributed by atoms with E-state index in [9.17, 15) is 0 Å². The molecular formula is C10H13N3. The topological polar surface area (TPSA) is 30.2 Å². The average molecular weight is 175 g/mol. The van der Waals surface area contributed by atoms with Gasteiger partial charge in [-0.25, -0.2) is 4.52 Å². The van der Waals surface area contributed by atoms with Gasteiger partial charge in [-0.3, -0.25) is 4.98 Å². The molecule has 2 aromatic heterocycles. The van der Waals surface area contributed by atoms with E-state index in [-0.39, 0.29) is 0 Å². The molecule has 0 amide bonds. The van der Waals surface area contributed by atoms with Gasteiger partial charge in [0, 0.05) is 18.3 Å². The molecule has 0 radical (unpaired) electrons. The van der Waals surface area contributed by atoms with Crippen molar-refractivity contribution in [3.05, 3.63) is 30.4 Å². The Morgan fingerprint density at radius 2 is 2.31 bits per heavy atom. The lowest BCUT2D eigenvalue weighted by atomic mass is 10.0. The van der Waals surface area contributed by atoms with Crippen molar-refractivity contribution >= 4 is 5.52 Å². The van der Waals surface area contributed by atoms with Gasteiger partial charge in [-0.05, 0) is 12.5 Å². The number of aromatic nitrogens is 3. The monoisotopic (exact) mass is 175 g/mol. The zero-order chi connectivity index (χ0) is 9.26. The van der Waals surface area contributed by atoms with Crippen LogP contribution in [-0.2, 0) is 0 Å². The quantitative estimate of drug-likeness (QED) is 0.700. The highest BCUT2D eigenvalue weighted by molar-refractivity contribution is 5.51. The molecule has 1 unspecified atom stereocenters. The Kier molecular flexibility index (Phi) is 2.00. The minimum absolute atomic E-state index is 0.500. The Labute approximate surface area is 77.4 Å². The van der Waals surface area contributed by atoms with E-state index in [2.05, 4.69) is 23.9 Å². The van der Waals surface area contributed by atoms with Gasteiger partial charge in [0.05, 0.1) is 17.4 Å². The molecule has 0 bridgehead atoms. The van der Waals surface area contributed by atoms with E-state index >= 15 is 0 Å². The van der Waals surface area contributed by atoms with Gasteiger partial charge in [-0.15, -0.1) is 0 Å². The van der Waals surface area contributed by atoms with E-state index in [0.717, 1.165) is 17.6 Å². The second-order valence-corrected chi connectivity index (χ2v) is 3.28. The van der Waals surface area contributed by atoms with E-state index in [4.69, 9.17) is 0 Å². The van der Waals surface area contributed by atoms with E-state index in [1.54, 1.807) is 0 Å². The maximum Gasteiger partial charge on any atom is 0.0879 e. The van der Waals surface area contributed by atoms with Gasteiger partial charge < -0.3 is 0 Å². The number of fused-ring (bicyclic) bond motifs is 1. The molecule has 3 heteroatoms. The Bertz CT molecular complexity index is 405. The van der Waals surface area contributed by atoms with Crippen LogP contribution in [0, 0.1) is 0 Å². The summed E-state index contributed by atoms with van der Waals surface area (Å²) in [5.74, 6) is 0.500. The van der Waals surface area contributed by atoms with Crippen molar-refractivity contribution in [2.75, 3.05) is 0 Å². The first-order chi connectivity index (χ1) is 6.33. The first-order valence-corrected chi connectivity index (χ1v) is 4.61. The molecular weight excluding hydrogens is 162 g/mol. The van der Waals surface area contributed by atoms with Gasteiger partial charge in [0.25, 0.3) is 0 Å². The van der Waals surface area contributed by atoms with Crippen molar-refractivity contribution in [3.8, 4) is 0 Å². The van der Waals surface area contributed by atoms with Crippen molar-refractivity contribution in [3.63, 3.8) is 0 Å². The number of hydrogen-bond acceptors (Lipinski definition) is 2. The molecule has 2 heterocycles. The maximum atomic E-state index is 4.39. The van der Waals surface area contributed by atoms with E-state index in [1.807, 2.05) is 29.2 Å². The SMILES string of the molecule is CCC(C)c1nccn2nccc12. The van der Waals surface area contributed by atoms with Gasteiger partial charge in [-0.2, -0.15) is 5.10 Å². The van der Waals surface area contributed by atoms with Crippen LogP contribution in [0.25, 0.3) is 5.52 Å². The molecule has 2 rings (SSSR count). The lowest BCUT2D eigenvalue weighted by molar-refractivity contribution is 0.706. The third kappa shape index (κ3) is 1.30. The van der Waals surface area contributed by atoms with E-state index in [0.29, 0.717) is 5.92 Å². The molecule has 2 aromatic rings. The van der Waals surface area contributed by atoms with Gasteiger partial charge in [0.2, 0.25) is 0 Å². The van der Waals surface area contributed by atoms with Crippen LogP contribution >= 0.6 is 0 Å². The summed E-state index contributed by atoms with van der Waals surface area (Å²) in [6, 6.07) is 2.01. The van der Waals surface area contributed by atoms with Crippen LogP contribution in [-0.4, -0.2) is 14.6 Å². The summed E-state index contributed by atoms with van der Waals surface area (Å²) >= 11 is 0. The molecule has 0 aliphatic heterocycles. The van der Waals surface area contributed by atoms with Gasteiger partial charge in [-0.1, -0.05) is 13.8 Å². The number of rotatable bonds is 2. The summed E-state index contributed by atoms with van der Waals surface area (Å²) in [6.07, 6.45) is 6.60. The molecule has 1 atom stereocenters. The highest BCUT2D eigenvalue weighted by Gasteiger charge is 2.08. The van der Waals surface area contributed by atoms with Crippen LogP contribution in [0.2, 0.25) is 0 Å². The van der Waals surface area contributed by atoms with Crippen molar-refractivity contribution in [1.29, 1.82) is 0 Å². The smallest absolute Gasteiger partial charge is 0.0879 e. The minimum Gasteiger partial charge on any atom is -0.257 e. The maximum absolute atomic E-state index is 4.39. The standard InChI is InChI=1S/C10H13N3/c1-3-8(2)10-9-4-5-12-13(9)7-6-11-10/h4-8H,3H2,1-2H3. The van der Waals surface area contributed by atoms with E-state index < -0.39 is 0 Å². The Hall–Kier alpha value is -1.38. The minimum atomic E-state index is 0.500. The number of nitrogens with zero attached hydrogens (tertiary/aromatic N) is 3. The summed E-state index contributed by atoms with van der Waals surface area (Å²) in [5.41, 5.74) is 2.26. The fourth-order valence-electron chi connectivity index (χ4n) is 1.45. The molecule has 0 saturated heterocycles. The van der Waals surface area contributed by atoms with Crippen LogP contribution in [0.5, 0.6) is 0 Å². The van der Waals surface area contributed by atoms with Crippen molar-refractivity contribution in [2.24, 2.45) is 0 Å². The highest BCUT2D eigenvalue weighted by atomic mass is 15.2. The zero-order valence-corrected chi connectivity index (χ0v) is 7.94. The summed E-state index contributed by atoms with van der Waals surface area (Å²) in [5, 5.41) is 4.17. The summed E-state index contributed by atoms with van der Waals surface area (Å²) in [6.45, 7) is 4.36. The fourth-order valence-corrected chi connectivity index (χ4v) is 1.45. The van der Waals surface area contributed by atoms with Gasteiger partial charge >= 0.3 is 0 Å². The lowest BCUT2D eigenvalue weighted by Gasteiger charge is -2.08. The Morgan fingerprint density at radius 3 is 3.08 bits per heavy atom. The molecule has 0 saturated carbocycles. The third-order valence-corrected chi connectivity index (χ3v) is 2.43.